The number of aromatic nitrogens is 1. The molecule has 1 unspecified atom stereocenters. The van der Waals surface area contributed by atoms with E-state index >= 15 is 0 Å². The summed E-state index contributed by atoms with van der Waals surface area (Å²) in [5.74, 6) is 0. The molecular formula is C12H19N3O3S. The lowest BCUT2D eigenvalue weighted by atomic mass is 10.3. The number of aromatic amines is 1. The number of nitrogens with one attached hydrogen (secondary N) is 3. The van der Waals surface area contributed by atoms with Gasteiger partial charge in [0.15, 0.2) is 0 Å². The van der Waals surface area contributed by atoms with Crippen molar-refractivity contribution in [3.05, 3.63) is 18.0 Å². The van der Waals surface area contributed by atoms with Gasteiger partial charge in [-0.25, -0.2) is 13.1 Å². The Kier molecular flexibility index (Phi) is 3.62. The quantitative estimate of drug-likeness (QED) is 0.703. The van der Waals surface area contributed by atoms with Crippen LogP contribution in [-0.4, -0.2) is 38.7 Å². The summed E-state index contributed by atoms with van der Waals surface area (Å²) in [6.45, 7) is 1.77. The van der Waals surface area contributed by atoms with Gasteiger partial charge in [0.2, 0.25) is 10.0 Å². The molecule has 0 radical (unpaired) electrons. The monoisotopic (exact) mass is 285 g/mol. The van der Waals surface area contributed by atoms with E-state index in [0.29, 0.717) is 30.7 Å². The van der Waals surface area contributed by atoms with Crippen LogP contribution in [0.3, 0.4) is 0 Å². The Morgan fingerprint density at radius 1 is 1.32 bits per heavy atom. The fraction of sp³-hybridized carbons (Fsp3) is 0.667. The summed E-state index contributed by atoms with van der Waals surface area (Å²) in [6.07, 6.45) is 4.71. The molecule has 2 aliphatic rings. The van der Waals surface area contributed by atoms with E-state index in [1.54, 1.807) is 12.3 Å². The summed E-state index contributed by atoms with van der Waals surface area (Å²) in [6, 6.07) is 2.19. The summed E-state index contributed by atoms with van der Waals surface area (Å²) in [5.41, 5.74) is 0.898. The highest BCUT2D eigenvalue weighted by molar-refractivity contribution is 7.89. The maximum absolute atomic E-state index is 12.1. The van der Waals surface area contributed by atoms with Crippen molar-refractivity contribution in [2.24, 2.45) is 0 Å². The molecule has 7 heteroatoms. The maximum Gasteiger partial charge on any atom is 0.242 e. The molecule has 1 aromatic heterocycles. The zero-order valence-electron chi connectivity index (χ0n) is 10.7. The van der Waals surface area contributed by atoms with E-state index in [1.807, 2.05) is 0 Å². The molecule has 1 aliphatic heterocycles. The Morgan fingerprint density at radius 2 is 2.16 bits per heavy atom. The molecule has 6 nitrogen and oxygen atoms in total. The van der Waals surface area contributed by atoms with Crippen LogP contribution < -0.4 is 10.0 Å². The van der Waals surface area contributed by atoms with E-state index in [1.165, 1.54) is 12.8 Å². The van der Waals surface area contributed by atoms with E-state index < -0.39 is 10.0 Å². The van der Waals surface area contributed by atoms with Crippen LogP contribution in [0.2, 0.25) is 0 Å². The fourth-order valence-electron chi connectivity index (χ4n) is 2.13. The van der Waals surface area contributed by atoms with Crippen molar-refractivity contribution < 1.29 is 13.2 Å². The molecule has 1 saturated heterocycles. The van der Waals surface area contributed by atoms with Gasteiger partial charge in [-0.2, -0.15) is 0 Å². The third-order valence-corrected chi connectivity index (χ3v) is 4.94. The zero-order chi connectivity index (χ0) is 13.3. The number of hydrogen-bond donors (Lipinski definition) is 3. The summed E-state index contributed by atoms with van der Waals surface area (Å²) < 4.78 is 32.1. The average Bonchev–Trinajstić information content (AvgIpc) is 2.87. The summed E-state index contributed by atoms with van der Waals surface area (Å²) >= 11 is 0. The van der Waals surface area contributed by atoms with Crippen LogP contribution in [-0.2, 0) is 21.3 Å². The smallest absolute Gasteiger partial charge is 0.242 e. The minimum absolute atomic E-state index is 0.104. The largest absolute Gasteiger partial charge is 0.380 e. The second-order valence-electron chi connectivity index (χ2n) is 5.20. The van der Waals surface area contributed by atoms with Crippen molar-refractivity contribution in [3.63, 3.8) is 0 Å². The molecule has 2 heterocycles. The van der Waals surface area contributed by atoms with Crippen molar-refractivity contribution in [1.29, 1.82) is 0 Å². The molecule has 1 atom stereocenters. The van der Waals surface area contributed by atoms with Gasteiger partial charge < -0.3 is 15.0 Å². The molecule has 0 aromatic carbocycles. The normalized spacial score (nSPS) is 23.9. The lowest BCUT2D eigenvalue weighted by Gasteiger charge is -2.09. The Hall–Kier alpha value is -0.890. The minimum atomic E-state index is -3.43. The van der Waals surface area contributed by atoms with Crippen molar-refractivity contribution in [2.75, 3.05) is 13.2 Å². The van der Waals surface area contributed by atoms with Crippen LogP contribution >= 0.6 is 0 Å². The molecule has 3 N–H and O–H groups in total. The summed E-state index contributed by atoms with van der Waals surface area (Å²) in [4.78, 5) is 3.31. The Morgan fingerprint density at radius 3 is 2.84 bits per heavy atom. The highest BCUT2D eigenvalue weighted by atomic mass is 32.2. The third kappa shape index (κ3) is 3.36. The van der Waals surface area contributed by atoms with Crippen molar-refractivity contribution in [3.8, 4) is 0 Å². The molecule has 1 aliphatic carbocycles. The van der Waals surface area contributed by atoms with E-state index in [2.05, 4.69) is 15.0 Å². The number of rotatable bonds is 6. The van der Waals surface area contributed by atoms with Crippen molar-refractivity contribution >= 4 is 10.0 Å². The van der Waals surface area contributed by atoms with E-state index in [-0.39, 0.29) is 6.04 Å². The molecule has 3 rings (SSSR count). The molecular weight excluding hydrogens is 266 g/mol. The summed E-state index contributed by atoms with van der Waals surface area (Å²) in [5, 5.41) is 3.34. The van der Waals surface area contributed by atoms with Crippen LogP contribution in [0, 0.1) is 0 Å². The van der Waals surface area contributed by atoms with Gasteiger partial charge in [-0.05, 0) is 25.3 Å². The van der Waals surface area contributed by atoms with Gasteiger partial charge in [-0.15, -0.1) is 0 Å². The molecule has 0 amide bonds. The lowest BCUT2D eigenvalue weighted by Crippen LogP contribution is -2.34. The molecule has 0 bridgehead atoms. The Labute approximate surface area is 113 Å². The van der Waals surface area contributed by atoms with Gasteiger partial charge in [0.25, 0.3) is 0 Å². The predicted molar refractivity (Wildman–Crippen MR) is 70.2 cm³/mol. The maximum atomic E-state index is 12.1. The van der Waals surface area contributed by atoms with Gasteiger partial charge in [0.1, 0.15) is 0 Å². The fourth-order valence-corrected chi connectivity index (χ4v) is 3.41. The van der Waals surface area contributed by atoms with Crippen LogP contribution in [0.4, 0.5) is 0 Å². The van der Waals surface area contributed by atoms with Gasteiger partial charge in [0, 0.05) is 37.1 Å². The lowest BCUT2D eigenvalue weighted by molar-refractivity contribution is 0.192. The van der Waals surface area contributed by atoms with Crippen LogP contribution in [0.1, 0.15) is 25.0 Å². The molecule has 2 fully saturated rings. The Balaban J connectivity index is 1.62. The van der Waals surface area contributed by atoms with E-state index in [4.69, 9.17) is 4.74 Å². The molecule has 1 aromatic rings. The number of H-pyrrole nitrogens is 1. The molecule has 19 heavy (non-hydrogen) atoms. The van der Waals surface area contributed by atoms with Crippen molar-refractivity contribution in [1.82, 2.24) is 15.0 Å². The third-order valence-electron chi connectivity index (χ3n) is 3.44. The molecule has 0 spiro atoms. The van der Waals surface area contributed by atoms with E-state index in [0.717, 1.165) is 12.1 Å². The first-order valence-electron chi connectivity index (χ1n) is 6.64. The highest BCUT2D eigenvalue weighted by Crippen LogP contribution is 2.20. The Bertz CT molecular complexity index is 530. The molecule has 1 saturated carbocycles. The minimum Gasteiger partial charge on any atom is -0.380 e. The first kappa shape index (κ1) is 13.1. The SMILES string of the molecule is O=S(=O)(NC1CCOC1)c1c[nH]c(CNC2CC2)c1. The van der Waals surface area contributed by atoms with Gasteiger partial charge in [-0.1, -0.05) is 0 Å². The van der Waals surface area contributed by atoms with Gasteiger partial charge >= 0.3 is 0 Å². The van der Waals surface area contributed by atoms with Crippen LogP contribution in [0.5, 0.6) is 0 Å². The number of hydrogen-bond acceptors (Lipinski definition) is 4. The standard InChI is InChI=1S/C12H19N3O3S/c16-19(17,15-10-3-4-18-8-10)12-5-11(14-7-12)6-13-9-1-2-9/h5,7,9-10,13-15H,1-4,6,8H2. The van der Waals surface area contributed by atoms with Crippen molar-refractivity contribution in [2.45, 2.75) is 42.8 Å². The topological polar surface area (TPSA) is 83.2 Å². The van der Waals surface area contributed by atoms with Gasteiger partial charge in [0.05, 0.1) is 11.5 Å². The first-order chi connectivity index (χ1) is 9.13. The highest BCUT2D eigenvalue weighted by Gasteiger charge is 2.25. The van der Waals surface area contributed by atoms with Crippen LogP contribution in [0.15, 0.2) is 17.2 Å². The first-order valence-corrected chi connectivity index (χ1v) is 8.12. The molecule has 106 valence electrons. The second-order valence-corrected chi connectivity index (χ2v) is 6.91. The second kappa shape index (κ2) is 5.24. The van der Waals surface area contributed by atoms with Crippen LogP contribution in [0.25, 0.3) is 0 Å². The number of sulfonamides is 1. The number of ether oxygens (including phenoxy) is 1. The zero-order valence-corrected chi connectivity index (χ0v) is 11.5. The van der Waals surface area contributed by atoms with Gasteiger partial charge in [-0.3, -0.25) is 0 Å². The summed E-state index contributed by atoms with van der Waals surface area (Å²) in [7, 11) is -3.43. The van der Waals surface area contributed by atoms with E-state index in [9.17, 15) is 8.42 Å². The predicted octanol–water partition coefficient (Wildman–Crippen LogP) is 0.334. The average molecular weight is 285 g/mol.